The summed E-state index contributed by atoms with van der Waals surface area (Å²) >= 11 is 5.78. The minimum Gasteiger partial charge on any atom is -0.462 e. The fourth-order valence-electron chi connectivity index (χ4n) is 1.95. The van der Waals surface area contributed by atoms with Crippen LogP contribution in [0.15, 0.2) is 42.5 Å². The van der Waals surface area contributed by atoms with Crippen LogP contribution in [0.5, 0.6) is 0 Å². The van der Waals surface area contributed by atoms with Crippen molar-refractivity contribution < 1.29 is 14.5 Å². The zero-order chi connectivity index (χ0) is 16.8. The Balaban J connectivity index is 2.02. The summed E-state index contributed by atoms with van der Waals surface area (Å²) < 4.78 is 4.91. The minimum absolute atomic E-state index is 0.109. The van der Waals surface area contributed by atoms with Gasteiger partial charge in [-0.05, 0) is 42.8 Å². The second-order valence-electron chi connectivity index (χ2n) is 4.69. The Morgan fingerprint density at radius 2 is 1.96 bits per heavy atom. The van der Waals surface area contributed by atoms with Crippen LogP contribution in [-0.2, 0) is 11.3 Å². The molecule has 2 aromatic carbocycles. The van der Waals surface area contributed by atoms with Crippen molar-refractivity contribution in [1.82, 2.24) is 0 Å². The number of nitro benzene ring substituents is 1. The molecule has 0 bridgehead atoms. The molecule has 0 atom stereocenters. The van der Waals surface area contributed by atoms with Gasteiger partial charge in [-0.1, -0.05) is 17.7 Å². The molecule has 0 aliphatic rings. The Hall–Kier alpha value is -2.60. The van der Waals surface area contributed by atoms with Crippen LogP contribution in [0, 0.1) is 10.1 Å². The number of nitrogens with zero attached hydrogens (tertiary/aromatic N) is 1. The number of rotatable bonds is 6. The van der Waals surface area contributed by atoms with Crippen molar-refractivity contribution in [2.24, 2.45) is 0 Å². The highest BCUT2D eigenvalue weighted by Gasteiger charge is 2.12. The molecule has 2 aromatic rings. The van der Waals surface area contributed by atoms with Gasteiger partial charge in [-0.15, -0.1) is 0 Å². The summed E-state index contributed by atoms with van der Waals surface area (Å²) in [6.45, 7) is 2.48. The zero-order valence-electron chi connectivity index (χ0n) is 12.4. The van der Waals surface area contributed by atoms with Gasteiger partial charge in [0, 0.05) is 18.3 Å². The van der Waals surface area contributed by atoms with Gasteiger partial charge in [0.05, 0.1) is 17.1 Å². The van der Waals surface area contributed by atoms with Crippen molar-refractivity contribution in [1.29, 1.82) is 0 Å². The van der Waals surface area contributed by atoms with Crippen LogP contribution in [0.2, 0.25) is 5.02 Å². The number of benzene rings is 2. The van der Waals surface area contributed by atoms with E-state index >= 15 is 0 Å². The number of nitrogens with one attached hydrogen (secondary N) is 1. The number of hydrogen-bond donors (Lipinski definition) is 1. The first-order valence-corrected chi connectivity index (χ1v) is 7.33. The zero-order valence-corrected chi connectivity index (χ0v) is 13.2. The molecule has 0 aromatic heterocycles. The highest BCUT2D eigenvalue weighted by Crippen LogP contribution is 2.25. The maximum atomic E-state index is 11.5. The average Bonchev–Trinajstić information content (AvgIpc) is 2.54. The van der Waals surface area contributed by atoms with E-state index in [1.165, 1.54) is 12.1 Å². The molecular formula is C16H15ClN2O4. The first kappa shape index (κ1) is 16.8. The Kier molecular flexibility index (Phi) is 5.54. The minimum atomic E-state index is -0.514. The van der Waals surface area contributed by atoms with Crippen LogP contribution in [0.4, 0.5) is 11.4 Å². The molecule has 1 N–H and O–H groups in total. The monoisotopic (exact) mass is 334 g/mol. The van der Waals surface area contributed by atoms with Crippen LogP contribution < -0.4 is 5.32 Å². The third-order valence-electron chi connectivity index (χ3n) is 3.10. The van der Waals surface area contributed by atoms with Gasteiger partial charge in [-0.25, -0.2) is 4.79 Å². The van der Waals surface area contributed by atoms with Crippen LogP contribution in [0.3, 0.4) is 0 Å². The van der Waals surface area contributed by atoms with E-state index in [4.69, 9.17) is 16.3 Å². The molecule has 0 radical (unpaired) electrons. The summed E-state index contributed by atoms with van der Waals surface area (Å²) in [7, 11) is 0. The Bertz CT molecular complexity index is 717. The lowest BCUT2D eigenvalue weighted by atomic mass is 10.1. The Morgan fingerprint density at radius 3 is 2.57 bits per heavy atom. The summed E-state index contributed by atoms with van der Waals surface area (Å²) in [5, 5.41) is 14.1. The van der Waals surface area contributed by atoms with Gasteiger partial charge < -0.3 is 10.1 Å². The predicted molar refractivity (Wildman–Crippen MR) is 87.8 cm³/mol. The molecule has 23 heavy (non-hydrogen) atoms. The Morgan fingerprint density at radius 1 is 1.26 bits per heavy atom. The maximum Gasteiger partial charge on any atom is 0.338 e. The van der Waals surface area contributed by atoms with Gasteiger partial charge in [0.1, 0.15) is 5.02 Å². The third-order valence-corrected chi connectivity index (χ3v) is 3.42. The average molecular weight is 335 g/mol. The highest BCUT2D eigenvalue weighted by molar-refractivity contribution is 6.32. The predicted octanol–water partition coefficient (Wildman–Crippen LogP) is 4.04. The molecule has 0 aliphatic heterocycles. The quantitative estimate of drug-likeness (QED) is 0.490. The van der Waals surface area contributed by atoms with E-state index in [-0.39, 0.29) is 16.7 Å². The molecule has 0 fully saturated rings. The van der Waals surface area contributed by atoms with Gasteiger partial charge in [-0.2, -0.15) is 0 Å². The number of nitro groups is 1. The molecule has 0 saturated carbocycles. The Labute approximate surface area is 138 Å². The smallest absolute Gasteiger partial charge is 0.338 e. The number of ether oxygens (including phenoxy) is 1. The van der Waals surface area contributed by atoms with Gasteiger partial charge >= 0.3 is 5.97 Å². The molecule has 0 amide bonds. The van der Waals surface area contributed by atoms with Crippen LogP contribution in [0.25, 0.3) is 0 Å². The van der Waals surface area contributed by atoms with E-state index in [1.807, 2.05) is 0 Å². The van der Waals surface area contributed by atoms with E-state index < -0.39 is 4.92 Å². The largest absolute Gasteiger partial charge is 0.462 e. The summed E-state index contributed by atoms with van der Waals surface area (Å²) in [5.74, 6) is -0.368. The fourth-order valence-corrected chi connectivity index (χ4v) is 2.14. The number of halogens is 1. The van der Waals surface area contributed by atoms with Crippen LogP contribution >= 0.6 is 11.6 Å². The third kappa shape index (κ3) is 4.43. The van der Waals surface area contributed by atoms with Crippen molar-refractivity contribution >= 4 is 28.9 Å². The first-order chi connectivity index (χ1) is 11.0. The van der Waals surface area contributed by atoms with Gasteiger partial charge in [0.15, 0.2) is 0 Å². The summed E-state index contributed by atoms with van der Waals surface area (Å²) in [6, 6.07) is 11.5. The molecule has 7 heteroatoms. The van der Waals surface area contributed by atoms with E-state index in [1.54, 1.807) is 37.3 Å². The molecule has 6 nitrogen and oxygen atoms in total. The number of carbonyl (C=O) groups is 1. The standard InChI is InChI=1S/C16H15ClN2O4/c1-2-23-16(20)12-4-6-13(7-5-12)18-10-11-3-8-14(17)15(9-11)19(21)22/h3-9,18H,2,10H2,1H3. The van der Waals surface area contributed by atoms with Crippen molar-refractivity contribution in [3.05, 3.63) is 68.7 Å². The molecule has 0 spiro atoms. The van der Waals surface area contributed by atoms with Crippen LogP contribution in [0.1, 0.15) is 22.8 Å². The second kappa shape index (κ2) is 7.60. The van der Waals surface area contributed by atoms with E-state index in [0.29, 0.717) is 18.7 Å². The van der Waals surface area contributed by atoms with Crippen molar-refractivity contribution in [2.45, 2.75) is 13.5 Å². The summed E-state index contributed by atoms with van der Waals surface area (Å²) in [5.41, 5.74) is 1.87. The van der Waals surface area contributed by atoms with Crippen LogP contribution in [-0.4, -0.2) is 17.5 Å². The molecule has 2 rings (SSSR count). The number of hydrogen-bond acceptors (Lipinski definition) is 5. The summed E-state index contributed by atoms with van der Waals surface area (Å²) in [4.78, 5) is 21.9. The lowest BCUT2D eigenvalue weighted by molar-refractivity contribution is -0.384. The number of esters is 1. The topological polar surface area (TPSA) is 81.5 Å². The van der Waals surface area contributed by atoms with Gasteiger partial charge in [0.2, 0.25) is 0 Å². The summed E-state index contributed by atoms with van der Waals surface area (Å²) in [6.07, 6.45) is 0. The molecular weight excluding hydrogens is 320 g/mol. The van der Waals surface area contributed by atoms with Crippen molar-refractivity contribution in [3.63, 3.8) is 0 Å². The molecule has 0 saturated heterocycles. The SMILES string of the molecule is CCOC(=O)c1ccc(NCc2ccc(Cl)c([N+](=O)[O-])c2)cc1. The molecule has 0 unspecified atom stereocenters. The van der Waals surface area contributed by atoms with Crippen molar-refractivity contribution in [2.75, 3.05) is 11.9 Å². The van der Waals surface area contributed by atoms with E-state index in [0.717, 1.165) is 11.3 Å². The number of carbonyl (C=O) groups excluding carboxylic acids is 1. The lowest BCUT2D eigenvalue weighted by Gasteiger charge is -2.08. The van der Waals surface area contributed by atoms with E-state index in [9.17, 15) is 14.9 Å². The normalized spacial score (nSPS) is 10.2. The molecule has 0 aliphatic carbocycles. The van der Waals surface area contributed by atoms with E-state index in [2.05, 4.69) is 5.32 Å². The lowest BCUT2D eigenvalue weighted by Crippen LogP contribution is -2.05. The fraction of sp³-hybridized carbons (Fsp3) is 0.188. The molecule has 0 heterocycles. The number of anilines is 1. The maximum absolute atomic E-state index is 11.5. The molecule has 120 valence electrons. The second-order valence-corrected chi connectivity index (χ2v) is 5.10. The highest BCUT2D eigenvalue weighted by atomic mass is 35.5. The van der Waals surface area contributed by atoms with Gasteiger partial charge in [0.25, 0.3) is 5.69 Å². The van der Waals surface area contributed by atoms with Gasteiger partial charge in [-0.3, -0.25) is 10.1 Å². The van der Waals surface area contributed by atoms with Crippen molar-refractivity contribution in [3.8, 4) is 0 Å². The first-order valence-electron chi connectivity index (χ1n) is 6.95.